The normalized spacial score (nSPS) is 11.8. The minimum atomic E-state index is -4.60. The molecule has 1 aromatic carbocycles. The van der Waals surface area contributed by atoms with Crippen molar-refractivity contribution in [1.29, 1.82) is 0 Å². The Bertz CT molecular complexity index is 483. The topological polar surface area (TPSA) is 20.3 Å². The molecule has 0 saturated carbocycles. The molecule has 0 saturated heterocycles. The zero-order valence-corrected chi connectivity index (χ0v) is 11.6. The zero-order chi connectivity index (χ0) is 15.5. The molecule has 0 aromatic heterocycles. The van der Waals surface area contributed by atoms with Crippen molar-refractivity contribution in [3.05, 3.63) is 35.1 Å². The summed E-state index contributed by atoms with van der Waals surface area (Å²) < 4.78 is 51.5. The van der Waals surface area contributed by atoms with E-state index in [1.54, 1.807) is 13.8 Å². The lowest BCUT2D eigenvalue weighted by Crippen LogP contribution is -2.38. The van der Waals surface area contributed by atoms with Crippen LogP contribution in [0.4, 0.5) is 17.6 Å². The molecule has 0 unspecified atom stereocenters. The maximum Gasteiger partial charge on any atom is 0.416 e. The Hall–Kier alpha value is -1.59. The number of nitrogens with zero attached hydrogens (tertiary/aromatic N) is 1. The minimum Gasteiger partial charge on any atom is -0.336 e. The second-order valence-corrected chi connectivity index (χ2v) is 4.78. The van der Waals surface area contributed by atoms with Crippen LogP contribution in [0.1, 0.15) is 43.1 Å². The number of rotatable bonds is 4. The van der Waals surface area contributed by atoms with E-state index >= 15 is 0 Å². The van der Waals surface area contributed by atoms with Crippen molar-refractivity contribution in [3.63, 3.8) is 0 Å². The van der Waals surface area contributed by atoms with Crippen LogP contribution >= 0.6 is 0 Å². The lowest BCUT2D eigenvalue weighted by molar-refractivity contribution is -0.137. The van der Waals surface area contributed by atoms with E-state index < -0.39 is 29.0 Å². The number of benzene rings is 1. The molecule has 6 heteroatoms. The molecule has 112 valence electrons. The molecule has 0 aliphatic rings. The summed E-state index contributed by atoms with van der Waals surface area (Å²) in [4.78, 5) is 13.6. The Morgan fingerprint density at radius 2 is 1.90 bits per heavy atom. The molecule has 20 heavy (non-hydrogen) atoms. The lowest BCUT2D eigenvalue weighted by atomic mass is 10.1. The second kappa shape index (κ2) is 6.24. The third kappa shape index (κ3) is 3.71. The van der Waals surface area contributed by atoms with Gasteiger partial charge in [-0.05, 0) is 38.5 Å². The van der Waals surface area contributed by atoms with Crippen LogP contribution in [0.15, 0.2) is 18.2 Å². The first-order chi connectivity index (χ1) is 9.18. The molecule has 0 N–H and O–H groups in total. The summed E-state index contributed by atoms with van der Waals surface area (Å²) in [5.41, 5.74) is -1.57. The molecular formula is C14H17F4NO. The molecule has 0 aliphatic carbocycles. The smallest absolute Gasteiger partial charge is 0.336 e. The molecule has 1 amide bonds. The maximum atomic E-state index is 13.7. The molecule has 0 atom stereocenters. The van der Waals surface area contributed by atoms with Gasteiger partial charge in [-0.25, -0.2) is 4.39 Å². The highest BCUT2D eigenvalue weighted by molar-refractivity contribution is 5.94. The molecule has 0 fully saturated rings. The number of carbonyl (C=O) groups excluding carboxylic acids is 1. The Labute approximate surface area is 115 Å². The van der Waals surface area contributed by atoms with Crippen LogP contribution in [0, 0.1) is 5.82 Å². The van der Waals surface area contributed by atoms with Crippen LogP contribution in [-0.4, -0.2) is 23.4 Å². The minimum absolute atomic E-state index is 0.212. The average Bonchev–Trinajstić information content (AvgIpc) is 2.34. The second-order valence-electron chi connectivity index (χ2n) is 4.78. The largest absolute Gasteiger partial charge is 0.416 e. The van der Waals surface area contributed by atoms with E-state index in [9.17, 15) is 22.4 Å². The Balaban J connectivity index is 3.20. The van der Waals surface area contributed by atoms with E-state index in [1.807, 2.05) is 6.92 Å². The first-order valence-corrected chi connectivity index (χ1v) is 6.36. The molecular weight excluding hydrogens is 274 g/mol. The quantitative estimate of drug-likeness (QED) is 0.765. The molecule has 0 heterocycles. The highest BCUT2D eigenvalue weighted by Gasteiger charge is 2.32. The summed E-state index contributed by atoms with van der Waals surface area (Å²) in [6.07, 6.45) is -3.96. The van der Waals surface area contributed by atoms with Gasteiger partial charge < -0.3 is 4.90 Å². The van der Waals surface area contributed by atoms with Crippen molar-refractivity contribution >= 4 is 5.91 Å². The van der Waals surface area contributed by atoms with Gasteiger partial charge in [0.2, 0.25) is 0 Å². The molecule has 1 rings (SSSR count). The summed E-state index contributed by atoms with van der Waals surface area (Å²) in [5.74, 6) is -1.66. The summed E-state index contributed by atoms with van der Waals surface area (Å²) in [6, 6.07) is 1.67. The summed E-state index contributed by atoms with van der Waals surface area (Å²) in [5, 5.41) is 0. The van der Waals surface area contributed by atoms with Crippen LogP contribution in [0.2, 0.25) is 0 Å². The van der Waals surface area contributed by atoms with Gasteiger partial charge in [0.05, 0.1) is 11.1 Å². The van der Waals surface area contributed by atoms with Crippen molar-refractivity contribution in [2.45, 2.75) is 39.4 Å². The van der Waals surface area contributed by atoms with Crippen LogP contribution in [0.3, 0.4) is 0 Å². The highest BCUT2D eigenvalue weighted by Crippen LogP contribution is 2.30. The lowest BCUT2D eigenvalue weighted by Gasteiger charge is -2.26. The Morgan fingerprint density at radius 1 is 1.30 bits per heavy atom. The first kappa shape index (κ1) is 16.5. The van der Waals surface area contributed by atoms with Gasteiger partial charge in [0, 0.05) is 12.6 Å². The van der Waals surface area contributed by atoms with Gasteiger partial charge in [0.15, 0.2) is 0 Å². The number of alkyl halides is 3. The number of hydrogen-bond acceptors (Lipinski definition) is 1. The van der Waals surface area contributed by atoms with Crippen molar-refractivity contribution in [2.24, 2.45) is 0 Å². The number of halogens is 4. The molecule has 0 spiro atoms. The monoisotopic (exact) mass is 291 g/mol. The molecule has 0 aliphatic heterocycles. The van der Waals surface area contributed by atoms with Crippen molar-refractivity contribution in [2.75, 3.05) is 6.54 Å². The third-order valence-corrected chi connectivity index (χ3v) is 2.87. The van der Waals surface area contributed by atoms with Crippen LogP contribution in [-0.2, 0) is 6.18 Å². The number of amides is 1. The zero-order valence-electron chi connectivity index (χ0n) is 11.6. The highest BCUT2D eigenvalue weighted by atomic mass is 19.4. The van der Waals surface area contributed by atoms with E-state index in [0.29, 0.717) is 31.2 Å². The van der Waals surface area contributed by atoms with E-state index in [0.717, 1.165) is 0 Å². The SMILES string of the molecule is CCCN(C(=O)c1cc(C(F)(F)F)ccc1F)C(C)C. The van der Waals surface area contributed by atoms with Gasteiger partial charge in [-0.2, -0.15) is 13.2 Å². The van der Waals surface area contributed by atoms with Crippen molar-refractivity contribution in [1.82, 2.24) is 4.90 Å². The van der Waals surface area contributed by atoms with E-state index in [2.05, 4.69) is 0 Å². The van der Waals surface area contributed by atoms with Gasteiger partial charge in [-0.1, -0.05) is 6.92 Å². The van der Waals surface area contributed by atoms with Gasteiger partial charge in [-0.15, -0.1) is 0 Å². The van der Waals surface area contributed by atoms with Crippen molar-refractivity contribution in [3.8, 4) is 0 Å². The summed E-state index contributed by atoms with van der Waals surface area (Å²) in [7, 11) is 0. The van der Waals surface area contributed by atoms with E-state index in [4.69, 9.17) is 0 Å². The molecule has 0 bridgehead atoms. The fraction of sp³-hybridized carbons (Fsp3) is 0.500. The maximum absolute atomic E-state index is 13.7. The molecule has 1 aromatic rings. The van der Waals surface area contributed by atoms with Gasteiger partial charge in [0.25, 0.3) is 5.91 Å². The van der Waals surface area contributed by atoms with E-state index in [-0.39, 0.29) is 6.04 Å². The van der Waals surface area contributed by atoms with Crippen LogP contribution in [0.5, 0.6) is 0 Å². The standard InChI is InChI=1S/C14H17F4NO/c1-4-7-19(9(2)3)13(20)11-8-10(14(16,17)18)5-6-12(11)15/h5-6,8-9H,4,7H2,1-3H3. The fourth-order valence-corrected chi connectivity index (χ4v) is 1.86. The predicted octanol–water partition coefficient (Wildman–Crippen LogP) is 4.11. The van der Waals surface area contributed by atoms with Crippen LogP contribution in [0.25, 0.3) is 0 Å². The van der Waals surface area contributed by atoms with E-state index in [1.165, 1.54) is 4.90 Å². The predicted molar refractivity (Wildman–Crippen MR) is 67.9 cm³/mol. The van der Waals surface area contributed by atoms with Crippen LogP contribution < -0.4 is 0 Å². The fourth-order valence-electron chi connectivity index (χ4n) is 1.86. The van der Waals surface area contributed by atoms with Gasteiger partial charge in [-0.3, -0.25) is 4.79 Å². The summed E-state index contributed by atoms with van der Waals surface area (Å²) in [6.45, 7) is 5.68. The average molecular weight is 291 g/mol. The first-order valence-electron chi connectivity index (χ1n) is 6.36. The number of hydrogen-bond donors (Lipinski definition) is 0. The van der Waals surface area contributed by atoms with Crippen molar-refractivity contribution < 1.29 is 22.4 Å². The van der Waals surface area contributed by atoms with Gasteiger partial charge in [0.1, 0.15) is 5.82 Å². The Kier molecular flexibility index (Phi) is 5.14. The molecule has 0 radical (unpaired) electrons. The van der Waals surface area contributed by atoms with Gasteiger partial charge >= 0.3 is 6.18 Å². The third-order valence-electron chi connectivity index (χ3n) is 2.87. The Morgan fingerprint density at radius 3 is 2.35 bits per heavy atom. The number of carbonyl (C=O) groups is 1. The molecule has 2 nitrogen and oxygen atoms in total. The summed E-state index contributed by atoms with van der Waals surface area (Å²) >= 11 is 0.